The maximum Gasteiger partial charge on any atom is 0.252 e. The number of nitrogens with zero attached hydrogens (tertiary/aromatic N) is 3. The minimum atomic E-state index is -0.260. The van der Waals surface area contributed by atoms with E-state index in [1.165, 1.54) is 17.4 Å². The number of hydrogen-bond donors (Lipinski definition) is 3. The van der Waals surface area contributed by atoms with Gasteiger partial charge in [-0.1, -0.05) is 35.0 Å². The van der Waals surface area contributed by atoms with Gasteiger partial charge in [-0.2, -0.15) is 0 Å². The van der Waals surface area contributed by atoms with Crippen LogP contribution in [0, 0.1) is 0 Å². The number of rotatable bonds is 9. The quantitative estimate of drug-likeness (QED) is 0.203. The highest BCUT2D eigenvalue weighted by atomic mass is 35.5. The van der Waals surface area contributed by atoms with Crippen LogP contribution in [0.2, 0.25) is 10.0 Å². The van der Waals surface area contributed by atoms with Gasteiger partial charge in [0.05, 0.1) is 23.8 Å². The molecule has 2 heterocycles. The van der Waals surface area contributed by atoms with Crippen LogP contribution in [0.15, 0.2) is 53.7 Å². The van der Waals surface area contributed by atoms with Gasteiger partial charge in [0.1, 0.15) is 11.6 Å². The molecular formula is C24H26Cl2N6O2S. The lowest BCUT2D eigenvalue weighted by atomic mass is 10.2. The van der Waals surface area contributed by atoms with Gasteiger partial charge in [-0.15, -0.1) is 0 Å². The summed E-state index contributed by atoms with van der Waals surface area (Å²) in [5.74, 6) is 1.09. The van der Waals surface area contributed by atoms with Crippen LogP contribution >= 0.6 is 35.0 Å². The Balaban J connectivity index is 1.33. The van der Waals surface area contributed by atoms with Gasteiger partial charge in [-0.25, -0.2) is 9.97 Å². The molecule has 3 N–H and O–H groups in total. The topological polar surface area (TPSA) is 91.4 Å². The molecule has 184 valence electrons. The molecule has 8 nitrogen and oxygen atoms in total. The normalized spacial score (nSPS) is 13.4. The summed E-state index contributed by atoms with van der Waals surface area (Å²) in [6, 6.07) is 14.9. The van der Waals surface area contributed by atoms with Crippen LogP contribution in [-0.2, 0) is 4.74 Å². The summed E-state index contributed by atoms with van der Waals surface area (Å²) >= 11 is 13.5. The molecular weight excluding hydrogens is 507 g/mol. The fraction of sp³-hybridized carbons (Fsp3) is 0.292. The molecule has 0 saturated carbocycles. The third-order valence-electron chi connectivity index (χ3n) is 5.30. The number of ether oxygens (including phenoxy) is 1. The molecule has 1 fully saturated rings. The number of halogens is 2. The minimum Gasteiger partial charge on any atom is -0.378 e. The minimum absolute atomic E-state index is 0.260. The highest BCUT2D eigenvalue weighted by Crippen LogP contribution is 2.24. The number of carbonyl (C=O) groups is 1. The number of thioether (sulfide) groups is 1. The molecule has 1 amide bonds. The Labute approximate surface area is 218 Å². The van der Waals surface area contributed by atoms with Crippen LogP contribution in [-0.4, -0.2) is 61.5 Å². The van der Waals surface area contributed by atoms with Crippen molar-refractivity contribution in [2.24, 2.45) is 0 Å². The molecule has 11 heteroatoms. The smallest absolute Gasteiger partial charge is 0.252 e. The molecule has 0 unspecified atom stereocenters. The number of hydrogen-bond acceptors (Lipinski definition) is 8. The fourth-order valence-corrected chi connectivity index (χ4v) is 4.41. The molecule has 0 radical (unpaired) electrons. The SMILES string of the molecule is CSc1nc(NCCNC(=O)c2ccc(Cl)cc2Cl)cc(Nc2ccc(N3CCOCC3)cc2)n1. The lowest BCUT2D eigenvalue weighted by Crippen LogP contribution is -2.36. The summed E-state index contributed by atoms with van der Waals surface area (Å²) in [7, 11) is 0. The van der Waals surface area contributed by atoms with Gasteiger partial charge in [-0.05, 0) is 48.7 Å². The number of anilines is 4. The van der Waals surface area contributed by atoms with Gasteiger partial charge >= 0.3 is 0 Å². The average molecular weight is 533 g/mol. The van der Waals surface area contributed by atoms with Crippen molar-refractivity contribution < 1.29 is 9.53 Å². The van der Waals surface area contributed by atoms with E-state index >= 15 is 0 Å². The predicted molar refractivity (Wildman–Crippen MR) is 144 cm³/mol. The predicted octanol–water partition coefficient (Wildman–Crippen LogP) is 4.93. The maximum absolute atomic E-state index is 12.4. The lowest BCUT2D eigenvalue weighted by molar-refractivity contribution is 0.0955. The highest BCUT2D eigenvalue weighted by Gasteiger charge is 2.12. The molecule has 1 aliphatic heterocycles. The molecule has 4 rings (SSSR count). The van der Waals surface area contributed by atoms with Gasteiger partial charge in [0.25, 0.3) is 5.91 Å². The van der Waals surface area contributed by atoms with Crippen LogP contribution < -0.4 is 20.9 Å². The highest BCUT2D eigenvalue weighted by molar-refractivity contribution is 7.98. The van der Waals surface area contributed by atoms with Crippen molar-refractivity contribution in [3.63, 3.8) is 0 Å². The van der Waals surface area contributed by atoms with Gasteiger partial charge in [-0.3, -0.25) is 4.79 Å². The van der Waals surface area contributed by atoms with Crippen molar-refractivity contribution in [2.45, 2.75) is 5.16 Å². The molecule has 0 bridgehead atoms. The third-order valence-corrected chi connectivity index (χ3v) is 6.39. The maximum atomic E-state index is 12.4. The standard InChI is InChI=1S/C24H26Cl2N6O2S/c1-35-24-30-21(27-8-9-28-23(33)19-7-2-16(25)14-20(19)26)15-22(31-24)29-17-3-5-18(6-4-17)32-10-12-34-13-11-32/h2-7,14-15H,8-13H2,1H3,(H,28,33)(H2,27,29,30,31). The zero-order valence-electron chi connectivity index (χ0n) is 19.2. The first-order chi connectivity index (χ1) is 17.0. The van der Waals surface area contributed by atoms with E-state index in [9.17, 15) is 4.79 Å². The zero-order valence-corrected chi connectivity index (χ0v) is 21.5. The van der Waals surface area contributed by atoms with E-state index in [0.717, 1.165) is 32.0 Å². The number of nitrogens with one attached hydrogen (secondary N) is 3. The van der Waals surface area contributed by atoms with Crippen LogP contribution in [0.1, 0.15) is 10.4 Å². The Morgan fingerprint density at radius 1 is 1.03 bits per heavy atom. The molecule has 0 aliphatic carbocycles. The number of benzene rings is 2. The van der Waals surface area contributed by atoms with Crippen molar-refractivity contribution in [1.29, 1.82) is 0 Å². The van der Waals surface area contributed by atoms with Crippen LogP contribution in [0.4, 0.5) is 23.0 Å². The largest absolute Gasteiger partial charge is 0.378 e. The van der Waals surface area contributed by atoms with Crippen LogP contribution in [0.25, 0.3) is 0 Å². The summed E-state index contributed by atoms with van der Waals surface area (Å²) in [5.41, 5.74) is 2.50. The van der Waals surface area contributed by atoms with Crippen molar-refractivity contribution in [3.8, 4) is 0 Å². The summed E-state index contributed by atoms with van der Waals surface area (Å²) < 4.78 is 5.43. The fourth-order valence-electron chi connectivity index (χ4n) is 3.53. The Morgan fingerprint density at radius 2 is 1.77 bits per heavy atom. The second kappa shape index (κ2) is 12.3. The average Bonchev–Trinajstić information content (AvgIpc) is 2.87. The first kappa shape index (κ1) is 25.4. The van der Waals surface area contributed by atoms with Gasteiger partial charge in [0, 0.05) is 48.6 Å². The zero-order chi connectivity index (χ0) is 24.6. The van der Waals surface area contributed by atoms with Crippen LogP contribution in [0.3, 0.4) is 0 Å². The van der Waals surface area contributed by atoms with Gasteiger partial charge in [0.2, 0.25) is 0 Å². The van der Waals surface area contributed by atoms with Gasteiger partial charge < -0.3 is 25.6 Å². The summed E-state index contributed by atoms with van der Waals surface area (Å²) in [6.07, 6.45) is 1.93. The van der Waals surface area contributed by atoms with Gasteiger partial charge in [0.15, 0.2) is 5.16 Å². The Bertz CT molecular complexity index is 1160. The molecule has 1 aliphatic rings. The molecule has 35 heavy (non-hydrogen) atoms. The molecule has 0 atom stereocenters. The lowest BCUT2D eigenvalue weighted by Gasteiger charge is -2.28. The van der Waals surface area contributed by atoms with E-state index in [0.29, 0.717) is 45.5 Å². The molecule has 2 aromatic carbocycles. The Morgan fingerprint density at radius 3 is 2.49 bits per heavy atom. The van der Waals surface area contributed by atoms with Crippen LogP contribution in [0.5, 0.6) is 0 Å². The van der Waals surface area contributed by atoms with E-state index in [1.54, 1.807) is 18.2 Å². The second-order valence-corrected chi connectivity index (χ2v) is 9.32. The van der Waals surface area contributed by atoms with E-state index in [4.69, 9.17) is 27.9 Å². The van der Waals surface area contributed by atoms with Crippen molar-refractivity contribution >= 4 is 63.9 Å². The molecule has 0 spiro atoms. The third kappa shape index (κ3) is 7.14. The van der Waals surface area contributed by atoms with E-state index in [2.05, 4.69) is 43.0 Å². The van der Waals surface area contributed by atoms with E-state index in [1.807, 2.05) is 24.5 Å². The second-order valence-electron chi connectivity index (χ2n) is 7.70. The monoisotopic (exact) mass is 532 g/mol. The number of carbonyl (C=O) groups excluding carboxylic acids is 1. The number of aromatic nitrogens is 2. The Kier molecular flexibility index (Phi) is 8.92. The summed E-state index contributed by atoms with van der Waals surface area (Å²) in [4.78, 5) is 23.7. The van der Waals surface area contributed by atoms with E-state index in [-0.39, 0.29) is 5.91 Å². The first-order valence-electron chi connectivity index (χ1n) is 11.1. The molecule has 1 aromatic heterocycles. The number of morpholine rings is 1. The number of amides is 1. The molecule has 3 aromatic rings. The van der Waals surface area contributed by atoms with Crippen molar-refractivity contribution in [2.75, 3.05) is 61.2 Å². The van der Waals surface area contributed by atoms with Crippen molar-refractivity contribution in [1.82, 2.24) is 15.3 Å². The van der Waals surface area contributed by atoms with Crippen molar-refractivity contribution in [3.05, 3.63) is 64.1 Å². The Hall–Kier alpha value is -2.72. The summed E-state index contributed by atoms with van der Waals surface area (Å²) in [5, 5.41) is 10.9. The summed E-state index contributed by atoms with van der Waals surface area (Å²) in [6.45, 7) is 4.19. The van der Waals surface area contributed by atoms with E-state index < -0.39 is 0 Å². The molecule has 1 saturated heterocycles. The first-order valence-corrected chi connectivity index (χ1v) is 13.1.